The maximum atomic E-state index is 12.7. The molecule has 19 heavy (non-hydrogen) atoms. The molecule has 1 aliphatic heterocycles. The maximum absolute atomic E-state index is 12.7. The molecule has 1 unspecified atom stereocenters. The molecule has 1 heterocycles. The largest absolute Gasteiger partial charge is 0.416 e. The summed E-state index contributed by atoms with van der Waals surface area (Å²) < 4.78 is 43.6. The highest BCUT2D eigenvalue weighted by atomic mass is 79.9. The van der Waals surface area contributed by atoms with Crippen molar-refractivity contribution in [3.8, 4) is 0 Å². The van der Waals surface area contributed by atoms with Crippen LogP contribution in [0.3, 0.4) is 0 Å². The average Bonchev–Trinajstić information content (AvgIpc) is 2.39. The Labute approximate surface area is 119 Å². The molecule has 1 fully saturated rings. The molecule has 2 rings (SSSR count). The molecule has 1 saturated heterocycles. The van der Waals surface area contributed by atoms with E-state index < -0.39 is 11.7 Å². The van der Waals surface area contributed by atoms with Crippen LogP contribution in [0.5, 0.6) is 0 Å². The first-order chi connectivity index (χ1) is 8.95. The van der Waals surface area contributed by atoms with Gasteiger partial charge in [0.15, 0.2) is 0 Å². The molecule has 0 spiro atoms. The number of rotatable bonds is 3. The van der Waals surface area contributed by atoms with Crippen LogP contribution in [0.1, 0.15) is 24.0 Å². The van der Waals surface area contributed by atoms with E-state index in [0.717, 1.165) is 36.4 Å². The first-order valence-corrected chi connectivity index (χ1v) is 7.37. The van der Waals surface area contributed by atoms with E-state index >= 15 is 0 Å². The minimum Gasteiger partial charge on any atom is -0.381 e. The number of alkyl halides is 4. The molecule has 0 aliphatic carbocycles. The Balaban J connectivity index is 2.18. The van der Waals surface area contributed by atoms with Gasteiger partial charge in [0.2, 0.25) is 0 Å². The van der Waals surface area contributed by atoms with Gasteiger partial charge >= 0.3 is 6.18 Å². The van der Waals surface area contributed by atoms with Crippen molar-refractivity contribution in [2.24, 2.45) is 5.41 Å². The molecule has 1 nitrogen and oxygen atoms in total. The topological polar surface area (TPSA) is 9.23 Å². The van der Waals surface area contributed by atoms with Crippen molar-refractivity contribution < 1.29 is 17.9 Å². The van der Waals surface area contributed by atoms with Crippen molar-refractivity contribution in [2.75, 3.05) is 18.5 Å². The molecule has 0 aromatic heterocycles. The standard InChI is InChI=1S/C14H16BrF3O/c15-9-13(5-2-6-19-10-13)8-11-3-1-4-12(7-11)14(16,17)18/h1,3-4,7H,2,5-6,8-10H2. The molecular formula is C14H16BrF3O. The number of halogens is 4. The molecule has 1 atom stereocenters. The number of hydrogen-bond donors (Lipinski definition) is 0. The second-order valence-electron chi connectivity index (χ2n) is 5.16. The summed E-state index contributed by atoms with van der Waals surface area (Å²) in [6.45, 7) is 1.35. The fourth-order valence-corrected chi connectivity index (χ4v) is 3.13. The van der Waals surface area contributed by atoms with Gasteiger partial charge in [-0.1, -0.05) is 34.1 Å². The predicted molar refractivity (Wildman–Crippen MR) is 71.4 cm³/mol. The van der Waals surface area contributed by atoms with E-state index in [-0.39, 0.29) is 5.41 Å². The number of ether oxygens (including phenoxy) is 1. The van der Waals surface area contributed by atoms with Gasteiger partial charge in [-0.25, -0.2) is 0 Å². The van der Waals surface area contributed by atoms with Gasteiger partial charge in [0.05, 0.1) is 12.2 Å². The molecule has 0 saturated carbocycles. The van der Waals surface area contributed by atoms with Crippen LogP contribution in [0.4, 0.5) is 13.2 Å². The first-order valence-electron chi connectivity index (χ1n) is 6.25. The smallest absolute Gasteiger partial charge is 0.381 e. The van der Waals surface area contributed by atoms with Crippen LogP contribution in [0.15, 0.2) is 24.3 Å². The summed E-state index contributed by atoms with van der Waals surface area (Å²) in [5.74, 6) is 0. The summed E-state index contributed by atoms with van der Waals surface area (Å²) >= 11 is 3.48. The summed E-state index contributed by atoms with van der Waals surface area (Å²) in [5.41, 5.74) is 0.0638. The second kappa shape index (κ2) is 5.83. The Kier molecular flexibility index (Phi) is 4.56. The Morgan fingerprint density at radius 3 is 2.68 bits per heavy atom. The van der Waals surface area contributed by atoms with Gasteiger partial charge < -0.3 is 4.74 Å². The lowest BCUT2D eigenvalue weighted by molar-refractivity contribution is -0.137. The van der Waals surface area contributed by atoms with E-state index in [2.05, 4.69) is 15.9 Å². The van der Waals surface area contributed by atoms with Crippen molar-refractivity contribution in [2.45, 2.75) is 25.4 Å². The van der Waals surface area contributed by atoms with Crippen LogP contribution in [0.25, 0.3) is 0 Å². The Morgan fingerprint density at radius 2 is 2.11 bits per heavy atom. The van der Waals surface area contributed by atoms with Crippen molar-refractivity contribution in [1.29, 1.82) is 0 Å². The van der Waals surface area contributed by atoms with Crippen LogP contribution in [-0.4, -0.2) is 18.5 Å². The molecule has 1 aliphatic rings. The lowest BCUT2D eigenvalue weighted by atomic mass is 9.79. The van der Waals surface area contributed by atoms with Gasteiger partial charge in [0, 0.05) is 17.4 Å². The van der Waals surface area contributed by atoms with E-state index in [1.807, 2.05) is 0 Å². The zero-order chi connectivity index (χ0) is 13.9. The molecule has 1 aromatic rings. The van der Waals surface area contributed by atoms with Gasteiger partial charge in [-0.2, -0.15) is 13.2 Å². The monoisotopic (exact) mass is 336 g/mol. The third-order valence-corrected chi connectivity index (χ3v) is 4.71. The van der Waals surface area contributed by atoms with Crippen LogP contribution >= 0.6 is 15.9 Å². The lowest BCUT2D eigenvalue weighted by Crippen LogP contribution is -2.35. The summed E-state index contributed by atoms with van der Waals surface area (Å²) in [5, 5.41) is 0.746. The minimum atomic E-state index is -4.28. The molecule has 106 valence electrons. The zero-order valence-corrected chi connectivity index (χ0v) is 12.1. The van der Waals surface area contributed by atoms with Gasteiger partial charge in [-0.05, 0) is 30.9 Å². The highest BCUT2D eigenvalue weighted by Gasteiger charge is 2.34. The maximum Gasteiger partial charge on any atom is 0.416 e. The number of benzene rings is 1. The van der Waals surface area contributed by atoms with E-state index in [4.69, 9.17) is 4.74 Å². The van der Waals surface area contributed by atoms with Gasteiger partial charge in [-0.15, -0.1) is 0 Å². The van der Waals surface area contributed by atoms with Crippen molar-refractivity contribution in [3.63, 3.8) is 0 Å². The zero-order valence-electron chi connectivity index (χ0n) is 10.5. The molecular weight excluding hydrogens is 321 g/mol. The van der Waals surface area contributed by atoms with E-state index in [0.29, 0.717) is 13.0 Å². The van der Waals surface area contributed by atoms with Crippen molar-refractivity contribution in [1.82, 2.24) is 0 Å². The van der Waals surface area contributed by atoms with Gasteiger partial charge in [-0.3, -0.25) is 0 Å². The Bertz CT molecular complexity index is 425. The predicted octanol–water partition coefficient (Wildman–Crippen LogP) is 4.44. The molecule has 0 radical (unpaired) electrons. The van der Waals surface area contributed by atoms with E-state index in [1.165, 1.54) is 12.1 Å². The van der Waals surface area contributed by atoms with Crippen LogP contribution in [-0.2, 0) is 17.3 Å². The average molecular weight is 337 g/mol. The molecule has 1 aromatic carbocycles. The fraction of sp³-hybridized carbons (Fsp3) is 0.571. The first kappa shape index (κ1) is 14.9. The third-order valence-electron chi connectivity index (χ3n) is 3.52. The Morgan fingerprint density at radius 1 is 1.32 bits per heavy atom. The second-order valence-corrected chi connectivity index (χ2v) is 5.73. The van der Waals surface area contributed by atoms with Crippen LogP contribution in [0.2, 0.25) is 0 Å². The van der Waals surface area contributed by atoms with E-state index in [9.17, 15) is 13.2 Å². The lowest BCUT2D eigenvalue weighted by Gasteiger charge is -2.35. The summed E-state index contributed by atoms with van der Waals surface area (Å²) in [4.78, 5) is 0. The third kappa shape index (κ3) is 3.72. The van der Waals surface area contributed by atoms with Crippen molar-refractivity contribution in [3.05, 3.63) is 35.4 Å². The SMILES string of the molecule is FC(F)(F)c1cccc(CC2(CBr)CCCOC2)c1. The summed E-state index contributed by atoms with van der Waals surface area (Å²) in [6.07, 6.45) is -1.72. The molecule has 0 bridgehead atoms. The Hall–Kier alpha value is -0.550. The summed E-state index contributed by atoms with van der Waals surface area (Å²) in [6, 6.07) is 5.60. The molecule has 0 amide bonds. The highest BCUT2D eigenvalue weighted by molar-refractivity contribution is 9.09. The number of hydrogen-bond acceptors (Lipinski definition) is 1. The van der Waals surface area contributed by atoms with Gasteiger partial charge in [0.1, 0.15) is 0 Å². The van der Waals surface area contributed by atoms with Crippen LogP contribution < -0.4 is 0 Å². The molecule has 0 N–H and O–H groups in total. The van der Waals surface area contributed by atoms with Crippen molar-refractivity contribution >= 4 is 15.9 Å². The quantitative estimate of drug-likeness (QED) is 0.741. The van der Waals surface area contributed by atoms with Gasteiger partial charge in [0.25, 0.3) is 0 Å². The highest BCUT2D eigenvalue weighted by Crippen LogP contribution is 2.36. The normalized spacial score (nSPS) is 24.4. The van der Waals surface area contributed by atoms with Crippen LogP contribution in [0, 0.1) is 5.41 Å². The molecule has 5 heteroatoms. The minimum absolute atomic E-state index is 0.0809. The summed E-state index contributed by atoms with van der Waals surface area (Å²) in [7, 11) is 0. The van der Waals surface area contributed by atoms with E-state index in [1.54, 1.807) is 6.07 Å². The fourth-order valence-electron chi connectivity index (χ4n) is 2.49.